The second kappa shape index (κ2) is 15.6. The Bertz CT molecular complexity index is 2160. The summed E-state index contributed by atoms with van der Waals surface area (Å²) >= 11 is 0. The minimum absolute atomic E-state index is 0.0769. The zero-order valence-electron chi connectivity index (χ0n) is 29.3. The molecule has 3 aromatic rings. The number of fused-ring (bicyclic) bond motifs is 1. The number of likely N-dealkylation sites (tertiary alicyclic amines) is 1. The van der Waals surface area contributed by atoms with Gasteiger partial charge in [0.15, 0.2) is 0 Å². The first-order chi connectivity index (χ1) is 25.8. The van der Waals surface area contributed by atoms with E-state index < -0.39 is 74.5 Å². The summed E-state index contributed by atoms with van der Waals surface area (Å²) in [7, 11) is -2.41. The number of hydrogen-bond donors (Lipinski definition) is 4. The van der Waals surface area contributed by atoms with E-state index in [1.54, 1.807) is 54.6 Å². The molecule has 1 saturated heterocycles. The molecule has 0 spiro atoms. The quantitative estimate of drug-likeness (QED) is 0.139. The van der Waals surface area contributed by atoms with E-state index in [0.717, 1.165) is 10.3 Å². The van der Waals surface area contributed by atoms with Crippen LogP contribution < -0.4 is 24.8 Å². The number of nitrogens with zero attached hydrogens (tertiary/aromatic N) is 2. The fraction of sp³-hybridized carbons (Fsp3) is 0.368. The highest BCUT2D eigenvalue weighted by Crippen LogP contribution is 2.45. The molecule has 16 heteroatoms. The number of nitrogens with one attached hydrogen (secondary N) is 3. The van der Waals surface area contributed by atoms with E-state index in [4.69, 9.17) is 9.47 Å². The van der Waals surface area contributed by atoms with Gasteiger partial charge in [-0.1, -0.05) is 30.2 Å². The molecule has 0 unspecified atom stereocenters. The molecule has 54 heavy (non-hydrogen) atoms. The Balaban J connectivity index is 1.25. The van der Waals surface area contributed by atoms with Crippen LogP contribution >= 0.6 is 0 Å². The number of ketones is 1. The molecule has 1 aliphatic heterocycles. The summed E-state index contributed by atoms with van der Waals surface area (Å²) in [5.74, 6) is 2.44. The van der Waals surface area contributed by atoms with E-state index in [-0.39, 0.29) is 38.1 Å². The fourth-order valence-electron chi connectivity index (χ4n) is 6.51. The van der Waals surface area contributed by atoms with Crippen LogP contribution in [0.4, 0.5) is 4.79 Å². The van der Waals surface area contributed by atoms with Crippen LogP contribution in [0.15, 0.2) is 73.4 Å². The summed E-state index contributed by atoms with van der Waals surface area (Å²) in [6.45, 7) is 3.53. The van der Waals surface area contributed by atoms with E-state index in [0.29, 0.717) is 29.5 Å². The maximum Gasteiger partial charge on any atom is 0.405 e. The summed E-state index contributed by atoms with van der Waals surface area (Å²) in [6.07, 6.45) is 0.902. The summed E-state index contributed by atoms with van der Waals surface area (Å²) in [5, 5.41) is 15.2. The maximum atomic E-state index is 14.2. The van der Waals surface area contributed by atoms with Crippen LogP contribution in [0.3, 0.4) is 0 Å². The van der Waals surface area contributed by atoms with Crippen molar-refractivity contribution < 1.29 is 47.0 Å². The van der Waals surface area contributed by atoms with Crippen molar-refractivity contribution >= 4 is 50.4 Å². The number of amides is 4. The molecule has 3 fully saturated rings. The van der Waals surface area contributed by atoms with Crippen LogP contribution in [0, 0.1) is 17.8 Å². The van der Waals surface area contributed by atoms with Crippen LogP contribution in [-0.4, -0.2) is 95.6 Å². The number of pyridine rings is 1. The molecule has 5 atom stereocenters. The van der Waals surface area contributed by atoms with Crippen LogP contribution in [0.25, 0.3) is 10.8 Å². The third kappa shape index (κ3) is 8.47. The van der Waals surface area contributed by atoms with Gasteiger partial charge in [0, 0.05) is 35.9 Å². The van der Waals surface area contributed by atoms with Gasteiger partial charge in [-0.05, 0) is 73.4 Å². The number of sulfonamides is 1. The highest BCUT2D eigenvalue weighted by molar-refractivity contribution is 7.91. The molecule has 2 aromatic carbocycles. The van der Waals surface area contributed by atoms with Crippen molar-refractivity contribution in [1.82, 2.24) is 25.2 Å². The molecule has 0 radical (unpaired) electrons. The van der Waals surface area contributed by atoms with Gasteiger partial charge in [-0.15, -0.1) is 6.58 Å². The molecule has 2 aliphatic carbocycles. The fourth-order valence-corrected chi connectivity index (χ4v) is 7.87. The van der Waals surface area contributed by atoms with Gasteiger partial charge in [0.05, 0.1) is 18.9 Å². The molecule has 2 saturated carbocycles. The first kappa shape index (κ1) is 37.8. The number of Topliss-reactive ketones (excluding diaryl/α,β-unsaturated/α-hetero) is 1. The van der Waals surface area contributed by atoms with Gasteiger partial charge in [-0.2, -0.15) is 0 Å². The van der Waals surface area contributed by atoms with Crippen LogP contribution in [0.5, 0.6) is 11.6 Å². The maximum absolute atomic E-state index is 14.2. The Kier molecular flexibility index (Phi) is 10.9. The van der Waals surface area contributed by atoms with Gasteiger partial charge in [0.1, 0.15) is 29.5 Å². The lowest BCUT2D eigenvalue weighted by atomic mass is 10.1. The Labute approximate surface area is 311 Å². The predicted molar refractivity (Wildman–Crippen MR) is 195 cm³/mol. The molecule has 4 amide bonds. The minimum Gasteiger partial charge on any atom is -0.497 e. The van der Waals surface area contributed by atoms with E-state index in [1.807, 2.05) is 0 Å². The number of methoxy groups -OCH3 is 1. The van der Waals surface area contributed by atoms with Crippen LogP contribution in [0.1, 0.15) is 44.1 Å². The molecule has 15 nitrogen and oxygen atoms in total. The van der Waals surface area contributed by atoms with Crippen molar-refractivity contribution in [3.63, 3.8) is 0 Å². The number of carbonyl (C=O) groups is 5. The van der Waals surface area contributed by atoms with Crippen LogP contribution in [0.2, 0.25) is 0 Å². The normalized spacial score (nSPS) is 22.2. The molecule has 1 aromatic heterocycles. The van der Waals surface area contributed by atoms with Gasteiger partial charge >= 0.3 is 6.09 Å². The highest BCUT2D eigenvalue weighted by Gasteiger charge is 2.62. The lowest BCUT2D eigenvalue weighted by Crippen LogP contribution is -2.58. The summed E-state index contributed by atoms with van der Waals surface area (Å²) in [4.78, 5) is 71.8. The molecule has 3 aliphatic rings. The monoisotopic (exact) mass is 757 g/mol. The molecule has 4 N–H and O–H groups in total. The van der Waals surface area contributed by atoms with Crippen molar-refractivity contribution in [2.45, 2.75) is 67.5 Å². The molecule has 0 bridgehead atoms. The van der Waals surface area contributed by atoms with Crippen molar-refractivity contribution in [2.75, 3.05) is 13.7 Å². The second-order valence-electron chi connectivity index (χ2n) is 13.4. The number of carbonyl (C=O) groups excluding carboxylic acids is 4. The molecular formula is C38H39N5O10S. The number of hydrogen-bond acceptors (Lipinski definition) is 10. The van der Waals surface area contributed by atoms with Gasteiger partial charge < -0.3 is 30.1 Å². The van der Waals surface area contributed by atoms with E-state index in [9.17, 15) is 37.5 Å². The molecule has 2 heterocycles. The molecule has 282 valence electrons. The van der Waals surface area contributed by atoms with Gasteiger partial charge in [0.2, 0.25) is 33.5 Å². The number of benzene rings is 2. The second-order valence-corrected chi connectivity index (χ2v) is 15.4. The van der Waals surface area contributed by atoms with Crippen molar-refractivity contribution in [3.8, 4) is 23.5 Å². The number of ether oxygens (including phenoxy) is 2. The Morgan fingerprint density at radius 3 is 2.56 bits per heavy atom. The smallest absolute Gasteiger partial charge is 0.405 e. The Morgan fingerprint density at radius 1 is 1.13 bits per heavy atom. The van der Waals surface area contributed by atoms with E-state index >= 15 is 0 Å². The summed E-state index contributed by atoms with van der Waals surface area (Å²) in [6, 6.07) is 13.1. The lowest BCUT2D eigenvalue weighted by molar-refractivity contribution is -0.141. The van der Waals surface area contributed by atoms with Crippen molar-refractivity contribution in [2.24, 2.45) is 5.92 Å². The van der Waals surface area contributed by atoms with Crippen molar-refractivity contribution in [1.29, 1.82) is 0 Å². The Hall–Kier alpha value is -5.95. The SMILES string of the molecule is C=C[C@@H]1C[C@]1(NC(=O)[C@@H]1C[C@@H](Oc2nccc3cc(OC)ccc23)CN1C(=O)[C@H](CCC(=O)C#Cc1ccccc1)NC(=O)O)C(=O)NS(=O)(=O)C1CC1. The number of rotatable bonds is 14. The summed E-state index contributed by atoms with van der Waals surface area (Å²) < 4.78 is 39.0. The van der Waals surface area contributed by atoms with E-state index in [1.165, 1.54) is 19.4 Å². The lowest BCUT2D eigenvalue weighted by Gasteiger charge is -2.29. The summed E-state index contributed by atoms with van der Waals surface area (Å²) in [5.41, 5.74) is -1.03. The van der Waals surface area contributed by atoms with Crippen LogP contribution in [-0.2, 0) is 29.2 Å². The van der Waals surface area contributed by atoms with Gasteiger partial charge in [-0.3, -0.25) is 23.9 Å². The zero-order chi connectivity index (χ0) is 38.6. The topological polar surface area (TPSA) is 210 Å². The molecular weight excluding hydrogens is 719 g/mol. The molecule has 6 rings (SSSR count). The zero-order valence-corrected chi connectivity index (χ0v) is 30.1. The van der Waals surface area contributed by atoms with E-state index in [2.05, 4.69) is 38.8 Å². The third-order valence-corrected chi connectivity index (χ3v) is 11.5. The number of carboxylic acid groups (broad SMARTS) is 1. The Morgan fingerprint density at radius 2 is 1.89 bits per heavy atom. The standard InChI is InChI=1S/C38H39N5O10S/c1-3-25-21-38(25,36(47)42-54(50,51)29-13-14-29)41-33(45)32-20-28(53-34-30-15-12-27(52-2)19-24(30)17-18-39-34)22-43(32)35(46)31(40-37(48)49)16-11-26(44)10-9-23-7-5-4-6-8-23/h3-8,12,15,17-19,25,28-29,31-32,40H,1,11,13-14,16,20-22H2,2H3,(H,41,45)(H,42,47)(H,48,49)/t25-,28-,31+,32+,38-/m1/s1. The average Bonchev–Trinajstić information content (AvgIpc) is 4.09. The van der Waals surface area contributed by atoms with Crippen molar-refractivity contribution in [3.05, 3.63) is 79.0 Å². The highest BCUT2D eigenvalue weighted by atomic mass is 32.2. The van der Waals surface area contributed by atoms with Gasteiger partial charge in [-0.25, -0.2) is 18.2 Å². The number of aromatic nitrogens is 1. The first-order valence-corrected chi connectivity index (χ1v) is 18.9. The third-order valence-electron chi connectivity index (χ3n) is 9.69. The van der Waals surface area contributed by atoms with Gasteiger partial charge in [0.25, 0.3) is 5.91 Å². The minimum atomic E-state index is -3.95. The predicted octanol–water partition coefficient (Wildman–Crippen LogP) is 2.30. The average molecular weight is 758 g/mol. The first-order valence-electron chi connectivity index (χ1n) is 17.3. The largest absolute Gasteiger partial charge is 0.497 e.